The Balaban J connectivity index is 1.53. The van der Waals surface area contributed by atoms with Crippen molar-refractivity contribution in [3.05, 3.63) is 70.8 Å². The van der Waals surface area contributed by atoms with Crippen LogP contribution in [-0.2, 0) is 22.4 Å². The minimum Gasteiger partial charge on any atom is -0.339 e. The molecular weight excluding hydrogens is 420 g/mol. The monoisotopic (exact) mass is 462 g/mol. The van der Waals surface area contributed by atoms with E-state index in [4.69, 9.17) is 0 Å². The molecule has 0 bridgehead atoms. The minimum atomic E-state index is -0.168. The maximum Gasteiger partial charge on any atom is 0.229 e. The molecule has 2 aromatic carbocycles. The summed E-state index contributed by atoms with van der Waals surface area (Å²) in [6.45, 7) is 15.2. The molecule has 2 unspecified atom stereocenters. The lowest BCUT2D eigenvalue weighted by molar-refractivity contribution is -0.140. The number of amides is 2. The van der Waals surface area contributed by atoms with Gasteiger partial charge in [-0.15, -0.1) is 0 Å². The Morgan fingerprint density at radius 3 is 1.15 bits per heavy atom. The van der Waals surface area contributed by atoms with Crippen molar-refractivity contribution in [1.82, 2.24) is 9.80 Å². The largest absolute Gasteiger partial charge is 0.339 e. The molecule has 0 radical (unpaired) electrons. The topological polar surface area (TPSA) is 40.6 Å². The van der Waals surface area contributed by atoms with Crippen LogP contribution in [0.3, 0.4) is 0 Å². The number of benzene rings is 2. The summed E-state index contributed by atoms with van der Waals surface area (Å²) in [6, 6.07) is 16.9. The molecule has 4 heteroatoms. The Morgan fingerprint density at radius 2 is 0.882 bits per heavy atom. The van der Waals surface area contributed by atoms with E-state index in [1.54, 1.807) is 0 Å². The number of rotatable bonds is 8. The molecule has 1 aliphatic rings. The van der Waals surface area contributed by atoms with Crippen LogP contribution in [0.2, 0.25) is 0 Å². The predicted octanol–water partition coefficient (Wildman–Crippen LogP) is 5.66. The fourth-order valence-electron chi connectivity index (χ4n) is 4.81. The van der Waals surface area contributed by atoms with Crippen LogP contribution in [0.4, 0.5) is 0 Å². The summed E-state index contributed by atoms with van der Waals surface area (Å²) in [5.41, 5.74) is 4.75. The molecule has 1 fully saturated rings. The van der Waals surface area contributed by atoms with Gasteiger partial charge in [0.05, 0.1) is 11.8 Å². The van der Waals surface area contributed by atoms with Crippen molar-refractivity contribution in [2.75, 3.05) is 26.2 Å². The average molecular weight is 463 g/mol. The Hall–Kier alpha value is -2.62. The van der Waals surface area contributed by atoms with E-state index in [0.29, 0.717) is 38.0 Å². The van der Waals surface area contributed by atoms with Crippen LogP contribution < -0.4 is 0 Å². The molecule has 1 heterocycles. The van der Waals surface area contributed by atoms with Crippen LogP contribution >= 0.6 is 0 Å². The summed E-state index contributed by atoms with van der Waals surface area (Å²) in [7, 11) is 0. The van der Waals surface area contributed by atoms with Gasteiger partial charge < -0.3 is 9.80 Å². The third kappa shape index (κ3) is 6.71. The highest BCUT2D eigenvalue weighted by atomic mass is 16.2. The van der Waals surface area contributed by atoms with Gasteiger partial charge in [-0.3, -0.25) is 9.59 Å². The first kappa shape index (κ1) is 26.0. The fourth-order valence-corrected chi connectivity index (χ4v) is 4.81. The fraction of sp³-hybridized carbons (Fsp3) is 0.533. The summed E-state index contributed by atoms with van der Waals surface area (Å²) in [6.07, 6.45) is 2.11. The Labute approximate surface area is 206 Å². The smallest absolute Gasteiger partial charge is 0.229 e. The second kappa shape index (κ2) is 11.7. The highest BCUT2D eigenvalue weighted by Gasteiger charge is 2.29. The van der Waals surface area contributed by atoms with Crippen LogP contribution in [0.15, 0.2) is 48.5 Å². The molecule has 2 atom stereocenters. The Morgan fingerprint density at radius 1 is 0.588 bits per heavy atom. The molecule has 1 saturated heterocycles. The molecule has 0 N–H and O–H groups in total. The van der Waals surface area contributed by atoms with E-state index in [-0.39, 0.29) is 23.7 Å². The quantitative estimate of drug-likeness (QED) is 0.508. The van der Waals surface area contributed by atoms with Crippen LogP contribution in [0.25, 0.3) is 0 Å². The molecule has 1 aliphatic heterocycles. The number of carbonyl (C=O) groups is 2. The van der Waals surface area contributed by atoms with Crippen molar-refractivity contribution >= 4 is 11.8 Å². The van der Waals surface area contributed by atoms with Gasteiger partial charge in [0.1, 0.15) is 0 Å². The lowest BCUT2D eigenvalue weighted by Crippen LogP contribution is -2.52. The molecule has 3 rings (SSSR count). The number of piperazine rings is 1. The Kier molecular flexibility index (Phi) is 8.93. The van der Waals surface area contributed by atoms with E-state index in [2.05, 4.69) is 76.2 Å². The number of carbonyl (C=O) groups excluding carboxylic acids is 2. The minimum absolute atomic E-state index is 0.150. The van der Waals surface area contributed by atoms with Crippen molar-refractivity contribution in [3.8, 4) is 0 Å². The lowest BCUT2D eigenvalue weighted by atomic mass is 9.95. The standard InChI is InChI=1S/C30H42N2O2/c1-21(2)19-25-7-11-27(12-8-25)23(5)29(33)31-15-17-32(18-16-31)30(34)24(6)28-13-9-26(10-14-28)20-22(3)4/h7-14,21-24H,15-20H2,1-6H3. The molecule has 0 saturated carbocycles. The SMILES string of the molecule is CC(C)Cc1ccc(C(C)C(=O)N2CCN(C(=O)C(C)c3ccc(CC(C)C)cc3)CC2)cc1. The van der Waals surface area contributed by atoms with E-state index in [0.717, 1.165) is 24.0 Å². The first-order valence-corrected chi connectivity index (χ1v) is 12.9. The zero-order valence-electron chi connectivity index (χ0n) is 21.9. The van der Waals surface area contributed by atoms with E-state index in [1.165, 1.54) is 11.1 Å². The molecule has 2 aromatic rings. The molecule has 184 valence electrons. The van der Waals surface area contributed by atoms with Crippen LogP contribution in [0, 0.1) is 11.8 Å². The van der Waals surface area contributed by atoms with Crippen LogP contribution in [0.5, 0.6) is 0 Å². The van der Waals surface area contributed by atoms with Gasteiger partial charge in [0.2, 0.25) is 11.8 Å². The third-order valence-corrected chi connectivity index (χ3v) is 6.89. The van der Waals surface area contributed by atoms with E-state index < -0.39 is 0 Å². The van der Waals surface area contributed by atoms with Gasteiger partial charge >= 0.3 is 0 Å². The molecule has 0 aromatic heterocycles. The van der Waals surface area contributed by atoms with Gasteiger partial charge in [0, 0.05) is 26.2 Å². The summed E-state index contributed by atoms with van der Waals surface area (Å²) in [4.78, 5) is 30.1. The normalized spacial score (nSPS) is 16.1. The van der Waals surface area contributed by atoms with Crippen molar-refractivity contribution in [1.29, 1.82) is 0 Å². The lowest BCUT2D eigenvalue weighted by Gasteiger charge is -2.37. The molecule has 4 nitrogen and oxygen atoms in total. The third-order valence-electron chi connectivity index (χ3n) is 6.89. The summed E-state index contributed by atoms with van der Waals surface area (Å²) in [5, 5.41) is 0. The highest BCUT2D eigenvalue weighted by molar-refractivity contribution is 5.85. The van der Waals surface area contributed by atoms with Gasteiger partial charge in [-0.25, -0.2) is 0 Å². The first-order valence-electron chi connectivity index (χ1n) is 12.9. The van der Waals surface area contributed by atoms with Crippen molar-refractivity contribution in [2.24, 2.45) is 11.8 Å². The van der Waals surface area contributed by atoms with E-state index >= 15 is 0 Å². The molecule has 2 amide bonds. The molecule has 0 spiro atoms. The summed E-state index contributed by atoms with van der Waals surface area (Å²) < 4.78 is 0. The van der Waals surface area contributed by atoms with Gasteiger partial charge in [-0.1, -0.05) is 76.2 Å². The summed E-state index contributed by atoms with van der Waals surface area (Å²) in [5.74, 6) is 1.21. The van der Waals surface area contributed by atoms with Crippen LogP contribution in [-0.4, -0.2) is 47.8 Å². The van der Waals surface area contributed by atoms with Gasteiger partial charge in [-0.05, 0) is 60.8 Å². The molecular formula is C30H42N2O2. The second-order valence-electron chi connectivity index (χ2n) is 10.8. The maximum atomic E-state index is 13.1. The van der Waals surface area contributed by atoms with Crippen molar-refractivity contribution in [2.45, 2.75) is 66.2 Å². The predicted molar refractivity (Wildman–Crippen MR) is 140 cm³/mol. The van der Waals surface area contributed by atoms with E-state index in [9.17, 15) is 9.59 Å². The highest BCUT2D eigenvalue weighted by Crippen LogP contribution is 2.23. The van der Waals surface area contributed by atoms with Crippen molar-refractivity contribution in [3.63, 3.8) is 0 Å². The summed E-state index contributed by atoms with van der Waals surface area (Å²) >= 11 is 0. The number of hydrogen-bond acceptors (Lipinski definition) is 2. The average Bonchev–Trinajstić information content (AvgIpc) is 2.82. The zero-order chi connectivity index (χ0) is 24.8. The number of nitrogens with zero attached hydrogens (tertiary/aromatic N) is 2. The zero-order valence-corrected chi connectivity index (χ0v) is 21.9. The Bertz CT molecular complexity index is 859. The van der Waals surface area contributed by atoms with Gasteiger partial charge in [0.25, 0.3) is 0 Å². The molecule has 34 heavy (non-hydrogen) atoms. The molecule has 0 aliphatic carbocycles. The first-order chi connectivity index (χ1) is 16.2. The van der Waals surface area contributed by atoms with Gasteiger partial charge in [-0.2, -0.15) is 0 Å². The number of hydrogen-bond donors (Lipinski definition) is 0. The van der Waals surface area contributed by atoms with E-state index in [1.807, 2.05) is 23.6 Å². The van der Waals surface area contributed by atoms with Crippen LogP contribution in [0.1, 0.15) is 75.6 Å². The van der Waals surface area contributed by atoms with Crippen molar-refractivity contribution < 1.29 is 9.59 Å². The second-order valence-corrected chi connectivity index (χ2v) is 10.8. The van der Waals surface area contributed by atoms with Gasteiger partial charge in [0.15, 0.2) is 0 Å². The maximum absolute atomic E-state index is 13.1.